The van der Waals surface area contributed by atoms with E-state index in [0.717, 1.165) is 4.90 Å². The third-order valence-electron chi connectivity index (χ3n) is 3.29. The van der Waals surface area contributed by atoms with Crippen LogP contribution in [0.1, 0.15) is 10.5 Å². The molecule has 0 spiro atoms. The van der Waals surface area contributed by atoms with Gasteiger partial charge in [-0.25, -0.2) is 9.78 Å². The Morgan fingerprint density at radius 1 is 1.23 bits per heavy atom. The molecule has 1 heterocycles. The van der Waals surface area contributed by atoms with Crippen molar-refractivity contribution >= 4 is 35.2 Å². The number of esters is 1. The van der Waals surface area contributed by atoms with E-state index in [-0.39, 0.29) is 18.1 Å². The van der Waals surface area contributed by atoms with Crippen LogP contribution in [0.3, 0.4) is 0 Å². The predicted octanol–water partition coefficient (Wildman–Crippen LogP) is 1.45. The lowest BCUT2D eigenvalue weighted by Gasteiger charge is -2.17. The number of anilines is 1. The molecular weight excluding hydrogens is 356 g/mol. The second-order valence-corrected chi connectivity index (χ2v) is 6.01. The van der Waals surface area contributed by atoms with E-state index in [1.54, 1.807) is 6.07 Å². The summed E-state index contributed by atoms with van der Waals surface area (Å²) >= 11 is 1.51. The van der Waals surface area contributed by atoms with Crippen molar-refractivity contribution in [3.05, 3.63) is 48.5 Å². The Hall–Kier alpha value is -2.94. The number of thioether (sulfide) groups is 1. The first-order chi connectivity index (χ1) is 12.5. The number of nitrogens with one attached hydrogen (secondary N) is 1. The van der Waals surface area contributed by atoms with Crippen LogP contribution in [0.4, 0.5) is 5.69 Å². The molecule has 1 aromatic heterocycles. The molecule has 9 heteroatoms. The number of carbonyl (C=O) groups is 3. The molecule has 0 unspecified atom stereocenters. The maximum atomic E-state index is 12.1. The number of likely N-dealkylation sites (N-methyl/N-ethyl adjacent to an activating group) is 1. The van der Waals surface area contributed by atoms with Crippen molar-refractivity contribution in [2.75, 3.05) is 31.8 Å². The smallest absolute Gasteiger partial charge is 0.359 e. The monoisotopic (exact) mass is 374 g/mol. The van der Waals surface area contributed by atoms with Gasteiger partial charge in [-0.2, -0.15) is 0 Å². The van der Waals surface area contributed by atoms with Gasteiger partial charge in [0.2, 0.25) is 5.91 Å². The van der Waals surface area contributed by atoms with Crippen LogP contribution in [-0.4, -0.2) is 59.1 Å². The van der Waals surface area contributed by atoms with Crippen LogP contribution in [0.5, 0.6) is 0 Å². The highest BCUT2D eigenvalue weighted by molar-refractivity contribution is 7.98. The molecule has 2 amide bonds. The highest BCUT2D eigenvalue weighted by Crippen LogP contribution is 2.24. The quantitative estimate of drug-likeness (QED) is 0.578. The Morgan fingerprint density at radius 2 is 2.00 bits per heavy atom. The molecule has 1 N–H and O–H groups in total. The number of ether oxygens (including phenoxy) is 1. The molecule has 0 saturated heterocycles. The third kappa shape index (κ3) is 5.55. The fourth-order valence-electron chi connectivity index (χ4n) is 1.96. The lowest BCUT2D eigenvalue weighted by atomic mass is 10.3. The van der Waals surface area contributed by atoms with Gasteiger partial charge in [-0.05, 0) is 18.4 Å². The minimum Gasteiger partial charge on any atom is -0.451 e. The average Bonchev–Trinajstić information content (AvgIpc) is 2.66. The second kappa shape index (κ2) is 9.52. The summed E-state index contributed by atoms with van der Waals surface area (Å²) in [5, 5.41) is 2.76. The second-order valence-electron chi connectivity index (χ2n) is 5.17. The SMILES string of the molecule is CSc1ccccc1NC(=O)CN(C)C(=O)COC(=O)c1cnccn1. The maximum Gasteiger partial charge on any atom is 0.359 e. The summed E-state index contributed by atoms with van der Waals surface area (Å²) in [6.07, 6.45) is 5.92. The summed E-state index contributed by atoms with van der Waals surface area (Å²) in [5.74, 6) is -1.60. The van der Waals surface area contributed by atoms with Crippen molar-refractivity contribution in [1.82, 2.24) is 14.9 Å². The highest BCUT2D eigenvalue weighted by atomic mass is 32.2. The Balaban J connectivity index is 1.82. The summed E-state index contributed by atoms with van der Waals surface area (Å²) in [6.45, 7) is -0.648. The molecule has 0 bridgehead atoms. The standard InChI is InChI=1S/C17H18N4O4S/c1-21(10-15(22)20-12-5-3-4-6-14(12)26-2)16(23)11-25-17(24)13-9-18-7-8-19-13/h3-9H,10-11H2,1-2H3,(H,20,22). The van der Waals surface area contributed by atoms with Crippen molar-refractivity contribution in [3.63, 3.8) is 0 Å². The fraction of sp³-hybridized carbons (Fsp3) is 0.235. The Bertz CT molecular complexity index is 785. The van der Waals surface area contributed by atoms with Crippen LogP contribution < -0.4 is 5.32 Å². The van der Waals surface area contributed by atoms with E-state index in [1.165, 1.54) is 42.3 Å². The normalized spacial score (nSPS) is 10.1. The van der Waals surface area contributed by atoms with E-state index in [9.17, 15) is 14.4 Å². The van der Waals surface area contributed by atoms with Crippen LogP contribution in [0.2, 0.25) is 0 Å². The minimum atomic E-state index is -0.752. The number of para-hydroxylation sites is 1. The van der Waals surface area contributed by atoms with E-state index in [2.05, 4.69) is 15.3 Å². The van der Waals surface area contributed by atoms with Crippen LogP contribution in [0, 0.1) is 0 Å². The molecule has 0 fully saturated rings. The molecule has 8 nitrogen and oxygen atoms in total. The molecule has 0 radical (unpaired) electrons. The van der Waals surface area contributed by atoms with Crippen molar-refractivity contribution < 1.29 is 19.1 Å². The number of hydrogen-bond donors (Lipinski definition) is 1. The summed E-state index contributed by atoms with van der Waals surface area (Å²) in [7, 11) is 1.46. The molecule has 2 rings (SSSR count). The Kier molecular flexibility index (Phi) is 7.10. The van der Waals surface area contributed by atoms with Gasteiger partial charge < -0.3 is 15.0 Å². The van der Waals surface area contributed by atoms with E-state index >= 15 is 0 Å². The molecule has 0 saturated carbocycles. The van der Waals surface area contributed by atoms with Crippen LogP contribution in [-0.2, 0) is 14.3 Å². The molecule has 136 valence electrons. The van der Waals surface area contributed by atoms with Crippen molar-refractivity contribution in [3.8, 4) is 0 Å². The van der Waals surface area contributed by atoms with Crippen LogP contribution in [0.15, 0.2) is 47.8 Å². The number of carbonyl (C=O) groups excluding carboxylic acids is 3. The van der Waals surface area contributed by atoms with Gasteiger partial charge in [0.25, 0.3) is 5.91 Å². The molecule has 26 heavy (non-hydrogen) atoms. The summed E-state index contributed by atoms with van der Waals surface area (Å²) < 4.78 is 4.88. The maximum absolute atomic E-state index is 12.1. The lowest BCUT2D eigenvalue weighted by molar-refractivity contribution is -0.136. The van der Waals surface area contributed by atoms with E-state index in [4.69, 9.17) is 4.74 Å². The first-order valence-corrected chi connectivity index (χ1v) is 8.83. The van der Waals surface area contributed by atoms with E-state index in [0.29, 0.717) is 5.69 Å². The highest BCUT2D eigenvalue weighted by Gasteiger charge is 2.17. The Labute approximate surface area is 155 Å². The molecule has 0 aliphatic carbocycles. The van der Waals surface area contributed by atoms with Gasteiger partial charge in [-0.3, -0.25) is 14.6 Å². The number of aromatic nitrogens is 2. The van der Waals surface area contributed by atoms with Gasteiger partial charge in [0.1, 0.15) is 0 Å². The van der Waals surface area contributed by atoms with Crippen molar-refractivity contribution in [1.29, 1.82) is 0 Å². The number of hydrogen-bond acceptors (Lipinski definition) is 7. The topological polar surface area (TPSA) is 101 Å². The fourth-order valence-corrected chi connectivity index (χ4v) is 2.51. The molecule has 0 aliphatic heterocycles. The zero-order chi connectivity index (χ0) is 18.9. The Morgan fingerprint density at radius 3 is 2.69 bits per heavy atom. The largest absolute Gasteiger partial charge is 0.451 e. The zero-order valence-electron chi connectivity index (χ0n) is 14.3. The van der Waals surface area contributed by atoms with Gasteiger partial charge >= 0.3 is 5.97 Å². The lowest BCUT2D eigenvalue weighted by Crippen LogP contribution is -2.37. The summed E-state index contributed by atoms with van der Waals surface area (Å²) in [6, 6.07) is 7.37. The van der Waals surface area contributed by atoms with Gasteiger partial charge in [0, 0.05) is 24.3 Å². The van der Waals surface area contributed by atoms with Gasteiger partial charge in [0.15, 0.2) is 12.3 Å². The van der Waals surface area contributed by atoms with Crippen molar-refractivity contribution in [2.24, 2.45) is 0 Å². The predicted molar refractivity (Wildman–Crippen MR) is 96.8 cm³/mol. The average molecular weight is 374 g/mol. The molecule has 1 aromatic carbocycles. The number of rotatable bonds is 7. The first-order valence-electron chi connectivity index (χ1n) is 7.61. The van der Waals surface area contributed by atoms with Gasteiger partial charge in [-0.15, -0.1) is 11.8 Å². The molecule has 2 aromatic rings. The van der Waals surface area contributed by atoms with Crippen LogP contribution in [0.25, 0.3) is 0 Å². The van der Waals surface area contributed by atoms with Crippen molar-refractivity contribution in [2.45, 2.75) is 4.90 Å². The third-order valence-corrected chi connectivity index (χ3v) is 4.08. The van der Waals surface area contributed by atoms with E-state index in [1.807, 2.05) is 24.5 Å². The number of amides is 2. The van der Waals surface area contributed by atoms with Crippen LogP contribution >= 0.6 is 11.8 Å². The van der Waals surface area contributed by atoms with Gasteiger partial charge in [-0.1, -0.05) is 12.1 Å². The molecular formula is C17H18N4O4S. The number of benzene rings is 1. The van der Waals surface area contributed by atoms with E-state index < -0.39 is 18.5 Å². The number of nitrogens with zero attached hydrogens (tertiary/aromatic N) is 3. The first kappa shape index (κ1) is 19.4. The molecule has 0 aliphatic rings. The summed E-state index contributed by atoms with van der Waals surface area (Å²) in [4.78, 5) is 45.5. The minimum absolute atomic E-state index is 0.00867. The molecule has 0 atom stereocenters. The van der Waals surface area contributed by atoms with Gasteiger partial charge in [0.05, 0.1) is 18.4 Å². The zero-order valence-corrected chi connectivity index (χ0v) is 15.2. The summed E-state index contributed by atoms with van der Waals surface area (Å²) in [5.41, 5.74) is 0.689.